The predicted octanol–water partition coefficient (Wildman–Crippen LogP) is 14.4. The van der Waals surface area contributed by atoms with Crippen LogP contribution in [0.3, 0.4) is 0 Å². The van der Waals surface area contributed by atoms with Crippen LogP contribution in [0.4, 0.5) is 17.1 Å². The van der Waals surface area contributed by atoms with Crippen molar-refractivity contribution >= 4 is 60.3 Å². The van der Waals surface area contributed by atoms with Gasteiger partial charge in [-0.2, -0.15) is 0 Å². The van der Waals surface area contributed by atoms with Crippen molar-refractivity contribution in [2.75, 3.05) is 4.90 Å². The van der Waals surface area contributed by atoms with E-state index in [1.54, 1.807) is 0 Å². The second-order valence-corrected chi connectivity index (χ2v) is 13.4. The van der Waals surface area contributed by atoms with Crippen LogP contribution in [0.5, 0.6) is 0 Å². The lowest BCUT2D eigenvalue weighted by molar-refractivity contribution is 0.631. The van der Waals surface area contributed by atoms with E-state index in [-0.39, 0.29) is 0 Å². The van der Waals surface area contributed by atoms with Crippen LogP contribution in [-0.2, 0) is 0 Å². The molecule has 0 saturated heterocycles. The minimum absolute atomic E-state index is 0.877. The molecule has 0 saturated carbocycles. The average molecular weight is 664 g/mol. The Balaban J connectivity index is 1.04. The van der Waals surface area contributed by atoms with Crippen molar-refractivity contribution in [2.45, 2.75) is 0 Å². The number of hydrogen-bond donors (Lipinski definition) is 0. The summed E-state index contributed by atoms with van der Waals surface area (Å²) >= 11 is 0. The number of nitrogens with zero attached hydrogens (tertiary/aromatic N) is 1. The van der Waals surface area contributed by atoms with Crippen LogP contribution in [0.2, 0.25) is 0 Å². The highest BCUT2D eigenvalue weighted by atomic mass is 16.3. The molecular weight excluding hydrogens is 631 g/mol. The van der Waals surface area contributed by atoms with Crippen LogP contribution in [0, 0.1) is 0 Å². The summed E-state index contributed by atoms with van der Waals surface area (Å²) in [6.07, 6.45) is 0. The van der Waals surface area contributed by atoms with Crippen molar-refractivity contribution in [1.29, 1.82) is 0 Å². The van der Waals surface area contributed by atoms with Crippen molar-refractivity contribution in [2.24, 2.45) is 0 Å². The molecule has 0 N–H and O–H groups in total. The molecule has 10 aromatic rings. The van der Waals surface area contributed by atoms with E-state index >= 15 is 0 Å². The zero-order valence-electron chi connectivity index (χ0n) is 28.4. The van der Waals surface area contributed by atoms with Crippen molar-refractivity contribution in [1.82, 2.24) is 0 Å². The average Bonchev–Trinajstić information content (AvgIpc) is 3.66. The molecule has 0 aliphatic rings. The molecule has 0 radical (unpaired) electrons. The van der Waals surface area contributed by atoms with E-state index in [4.69, 9.17) is 4.42 Å². The normalized spacial score (nSPS) is 11.5. The third-order valence-electron chi connectivity index (χ3n) is 10.2. The standard InChI is InChI=1S/C50H33NO/c1-2-11-38-31-44(29-22-34(38)10-1)51(43-27-23-36(24-28-43)48-32-39-12-3-5-16-45(39)46-17-6-7-18-47(46)48)42-25-20-35(21-26-42)37-14-9-15-40(30-37)50-33-41-13-4-8-19-49(41)52-50/h1-33H. The summed E-state index contributed by atoms with van der Waals surface area (Å²) in [4.78, 5) is 2.35. The smallest absolute Gasteiger partial charge is 0.135 e. The van der Waals surface area contributed by atoms with Crippen LogP contribution >= 0.6 is 0 Å². The number of para-hydroxylation sites is 1. The van der Waals surface area contributed by atoms with Gasteiger partial charge in [0.25, 0.3) is 0 Å². The Kier molecular flexibility index (Phi) is 7.18. The van der Waals surface area contributed by atoms with Gasteiger partial charge in [-0.1, -0.05) is 140 Å². The first-order valence-corrected chi connectivity index (χ1v) is 17.7. The first-order chi connectivity index (χ1) is 25.7. The topological polar surface area (TPSA) is 16.4 Å². The largest absolute Gasteiger partial charge is 0.456 e. The van der Waals surface area contributed by atoms with Crippen LogP contribution < -0.4 is 4.90 Å². The highest BCUT2D eigenvalue weighted by Gasteiger charge is 2.16. The number of furan rings is 1. The SMILES string of the molecule is c1cc(-c2ccc(N(c3ccc(-c4cc5ccccc5c5ccccc45)cc3)c3ccc4ccccc4c3)cc2)cc(-c2cc3ccccc3o2)c1. The monoisotopic (exact) mass is 663 g/mol. The van der Waals surface area contributed by atoms with Gasteiger partial charge in [0.2, 0.25) is 0 Å². The molecule has 0 spiro atoms. The maximum absolute atomic E-state index is 6.19. The Morgan fingerprint density at radius 1 is 0.308 bits per heavy atom. The number of hydrogen-bond acceptors (Lipinski definition) is 2. The fraction of sp³-hybridized carbons (Fsp3) is 0. The number of benzene rings is 9. The third kappa shape index (κ3) is 5.30. The summed E-state index contributed by atoms with van der Waals surface area (Å²) in [6, 6.07) is 71.8. The molecule has 0 amide bonds. The summed E-state index contributed by atoms with van der Waals surface area (Å²) in [5.74, 6) is 0.877. The van der Waals surface area contributed by atoms with Crippen LogP contribution in [0.1, 0.15) is 0 Å². The fourth-order valence-electron chi connectivity index (χ4n) is 7.63. The van der Waals surface area contributed by atoms with Gasteiger partial charge in [0, 0.05) is 28.0 Å². The number of rotatable bonds is 6. The molecular formula is C50H33NO. The Morgan fingerprint density at radius 3 is 1.67 bits per heavy atom. The van der Waals surface area contributed by atoms with Gasteiger partial charge in [-0.15, -0.1) is 0 Å². The molecule has 1 aromatic heterocycles. The fourth-order valence-corrected chi connectivity index (χ4v) is 7.63. The van der Waals surface area contributed by atoms with E-state index in [2.05, 4.69) is 187 Å². The minimum Gasteiger partial charge on any atom is -0.456 e. The maximum atomic E-state index is 6.19. The van der Waals surface area contributed by atoms with Crippen molar-refractivity contribution in [3.63, 3.8) is 0 Å². The summed E-state index contributed by atoms with van der Waals surface area (Å²) < 4.78 is 6.19. The molecule has 52 heavy (non-hydrogen) atoms. The van der Waals surface area contributed by atoms with Crippen LogP contribution in [0.15, 0.2) is 205 Å². The van der Waals surface area contributed by atoms with Gasteiger partial charge >= 0.3 is 0 Å². The molecule has 0 fully saturated rings. The molecule has 1 heterocycles. The quantitative estimate of drug-likeness (QED) is 0.165. The van der Waals surface area contributed by atoms with E-state index in [0.29, 0.717) is 0 Å². The van der Waals surface area contributed by atoms with Gasteiger partial charge in [-0.05, 0) is 115 Å². The molecule has 9 aromatic carbocycles. The first-order valence-electron chi connectivity index (χ1n) is 17.7. The van der Waals surface area contributed by atoms with Crippen LogP contribution in [0.25, 0.3) is 76.9 Å². The first kappa shape index (κ1) is 30.0. The Morgan fingerprint density at radius 2 is 0.904 bits per heavy atom. The van der Waals surface area contributed by atoms with Gasteiger partial charge in [-0.3, -0.25) is 0 Å². The highest BCUT2D eigenvalue weighted by molar-refractivity contribution is 6.13. The second-order valence-electron chi connectivity index (χ2n) is 13.4. The Bertz CT molecular complexity index is 2870. The molecule has 0 aliphatic heterocycles. The molecule has 0 aliphatic carbocycles. The lowest BCUT2D eigenvalue weighted by atomic mass is 9.93. The zero-order chi connectivity index (χ0) is 34.4. The minimum atomic E-state index is 0.877. The lowest BCUT2D eigenvalue weighted by Crippen LogP contribution is -2.09. The van der Waals surface area contributed by atoms with E-state index in [1.165, 1.54) is 43.4 Å². The van der Waals surface area contributed by atoms with Gasteiger partial charge in [0.1, 0.15) is 11.3 Å². The molecule has 10 rings (SSSR count). The second kappa shape index (κ2) is 12.5. The van der Waals surface area contributed by atoms with Gasteiger partial charge in [0.05, 0.1) is 0 Å². The maximum Gasteiger partial charge on any atom is 0.135 e. The molecule has 244 valence electrons. The summed E-state index contributed by atoms with van der Waals surface area (Å²) in [5, 5.41) is 8.63. The summed E-state index contributed by atoms with van der Waals surface area (Å²) in [5.41, 5.74) is 10.0. The molecule has 0 unspecified atom stereocenters. The lowest BCUT2D eigenvalue weighted by Gasteiger charge is -2.26. The highest BCUT2D eigenvalue weighted by Crippen LogP contribution is 2.40. The van der Waals surface area contributed by atoms with Crippen molar-refractivity contribution < 1.29 is 4.42 Å². The van der Waals surface area contributed by atoms with E-state index < -0.39 is 0 Å². The Hall–Kier alpha value is -6.90. The third-order valence-corrected chi connectivity index (χ3v) is 10.2. The summed E-state index contributed by atoms with van der Waals surface area (Å²) in [7, 11) is 0. The number of anilines is 3. The van der Waals surface area contributed by atoms with Gasteiger partial charge < -0.3 is 9.32 Å². The molecule has 2 heteroatoms. The predicted molar refractivity (Wildman–Crippen MR) is 220 cm³/mol. The van der Waals surface area contributed by atoms with Crippen LogP contribution in [-0.4, -0.2) is 0 Å². The van der Waals surface area contributed by atoms with E-state index in [9.17, 15) is 0 Å². The van der Waals surface area contributed by atoms with Crippen molar-refractivity contribution in [3.05, 3.63) is 200 Å². The molecule has 0 atom stereocenters. The molecule has 2 nitrogen and oxygen atoms in total. The zero-order valence-corrected chi connectivity index (χ0v) is 28.4. The van der Waals surface area contributed by atoms with Gasteiger partial charge in [0.15, 0.2) is 0 Å². The number of fused-ring (bicyclic) bond motifs is 5. The van der Waals surface area contributed by atoms with Gasteiger partial charge in [-0.25, -0.2) is 0 Å². The summed E-state index contributed by atoms with van der Waals surface area (Å²) in [6.45, 7) is 0. The van der Waals surface area contributed by atoms with E-state index in [0.717, 1.165) is 50.5 Å². The van der Waals surface area contributed by atoms with Crippen molar-refractivity contribution in [3.8, 4) is 33.6 Å². The Labute approximate surface area is 302 Å². The molecule has 0 bridgehead atoms. The van der Waals surface area contributed by atoms with E-state index in [1.807, 2.05) is 18.2 Å².